The molecule has 1 aromatic heterocycles. The maximum atomic E-state index is 9.80. The second-order valence-electron chi connectivity index (χ2n) is 3.90. The first kappa shape index (κ1) is 14.8. The number of benzene rings is 1. The van der Waals surface area contributed by atoms with E-state index in [-0.39, 0.29) is 5.30 Å². The van der Waals surface area contributed by atoms with Crippen LogP contribution in [0, 0.1) is 0 Å². The summed E-state index contributed by atoms with van der Waals surface area (Å²) in [5, 5.41) is 4.20. The van der Waals surface area contributed by atoms with E-state index in [1.807, 2.05) is 6.07 Å². The van der Waals surface area contributed by atoms with Crippen molar-refractivity contribution in [2.75, 3.05) is 7.11 Å². The zero-order valence-electron chi connectivity index (χ0n) is 10.7. The van der Waals surface area contributed by atoms with E-state index in [4.69, 9.17) is 16.6 Å². The standard InChI is InChI=1S/C13H13N2O3PS/c1-18-15-13(11-7-4-5-9-14-11)10-6-2-3-8-12(10)19(16,17)20/h2-9H,1H3,(H2,16,17,20). The Labute approximate surface area is 121 Å². The molecule has 0 spiro atoms. The van der Waals surface area contributed by atoms with Crippen LogP contribution in [0.1, 0.15) is 11.3 Å². The van der Waals surface area contributed by atoms with Gasteiger partial charge in [0, 0.05) is 17.1 Å². The lowest BCUT2D eigenvalue weighted by molar-refractivity contribution is 0.214. The van der Waals surface area contributed by atoms with Crippen molar-refractivity contribution in [3.8, 4) is 0 Å². The molecule has 0 radical (unpaired) electrons. The number of oxime groups is 1. The summed E-state index contributed by atoms with van der Waals surface area (Å²) < 4.78 is 0. The topological polar surface area (TPSA) is 74.9 Å². The van der Waals surface area contributed by atoms with Gasteiger partial charge in [0.1, 0.15) is 12.8 Å². The molecule has 0 bridgehead atoms. The Morgan fingerprint density at radius 1 is 1.20 bits per heavy atom. The lowest BCUT2D eigenvalue weighted by Gasteiger charge is -2.14. The largest absolute Gasteiger partial charge is 0.399 e. The van der Waals surface area contributed by atoms with Gasteiger partial charge in [0.05, 0.1) is 5.69 Å². The van der Waals surface area contributed by atoms with Crippen molar-refractivity contribution >= 4 is 29.3 Å². The molecule has 5 nitrogen and oxygen atoms in total. The molecule has 0 unspecified atom stereocenters. The Balaban J connectivity index is 2.64. The van der Waals surface area contributed by atoms with Gasteiger partial charge in [-0.2, -0.15) is 0 Å². The SMILES string of the molecule is CON=C(c1ccccn1)c1ccccc1P(O)(O)=S. The number of pyridine rings is 1. The fourth-order valence-corrected chi connectivity index (χ4v) is 3.01. The van der Waals surface area contributed by atoms with Crippen molar-refractivity contribution in [3.63, 3.8) is 0 Å². The zero-order chi connectivity index (χ0) is 14.6. The number of aromatic nitrogens is 1. The summed E-state index contributed by atoms with van der Waals surface area (Å²) in [7, 11) is 1.42. The highest BCUT2D eigenvalue weighted by molar-refractivity contribution is 8.12. The van der Waals surface area contributed by atoms with E-state index < -0.39 is 6.49 Å². The summed E-state index contributed by atoms with van der Waals surface area (Å²) >= 11 is 4.80. The molecule has 0 saturated carbocycles. The summed E-state index contributed by atoms with van der Waals surface area (Å²) in [6.07, 6.45) is 1.62. The first-order valence-corrected chi connectivity index (χ1v) is 8.43. The van der Waals surface area contributed by atoms with Crippen LogP contribution in [0.2, 0.25) is 0 Å². The van der Waals surface area contributed by atoms with E-state index in [1.165, 1.54) is 7.11 Å². The highest BCUT2D eigenvalue weighted by Gasteiger charge is 2.21. The molecule has 0 amide bonds. The zero-order valence-corrected chi connectivity index (χ0v) is 12.4. The van der Waals surface area contributed by atoms with Gasteiger partial charge in [0.15, 0.2) is 0 Å². The summed E-state index contributed by atoms with van der Waals surface area (Å²) in [4.78, 5) is 28.6. The second-order valence-corrected chi connectivity index (χ2v) is 7.00. The molecule has 7 heteroatoms. The highest BCUT2D eigenvalue weighted by Crippen LogP contribution is 2.35. The lowest BCUT2D eigenvalue weighted by Crippen LogP contribution is -2.18. The number of hydrogen-bond donors (Lipinski definition) is 2. The van der Waals surface area contributed by atoms with E-state index in [2.05, 4.69) is 10.1 Å². The predicted octanol–water partition coefficient (Wildman–Crippen LogP) is 1.40. The van der Waals surface area contributed by atoms with Crippen LogP contribution in [0.15, 0.2) is 53.8 Å². The van der Waals surface area contributed by atoms with Crippen LogP contribution >= 0.6 is 6.49 Å². The van der Waals surface area contributed by atoms with Crippen LogP contribution in [-0.2, 0) is 16.6 Å². The molecule has 104 valence electrons. The first-order chi connectivity index (χ1) is 9.54. The van der Waals surface area contributed by atoms with Gasteiger partial charge < -0.3 is 14.6 Å². The first-order valence-electron chi connectivity index (χ1n) is 5.72. The molecule has 1 heterocycles. The molecule has 1 aromatic carbocycles. The minimum absolute atomic E-state index is 0.261. The molecule has 0 saturated heterocycles. The van der Waals surface area contributed by atoms with Crippen LogP contribution in [-0.4, -0.2) is 27.6 Å². The van der Waals surface area contributed by atoms with Crippen LogP contribution in [0.25, 0.3) is 0 Å². The lowest BCUT2D eigenvalue weighted by atomic mass is 10.1. The molecule has 0 aliphatic carbocycles. The second kappa shape index (κ2) is 6.24. The van der Waals surface area contributed by atoms with Crippen LogP contribution < -0.4 is 5.30 Å². The Morgan fingerprint density at radius 3 is 2.50 bits per heavy atom. The van der Waals surface area contributed by atoms with Gasteiger partial charge in [-0.1, -0.05) is 29.4 Å². The fraction of sp³-hybridized carbons (Fsp3) is 0.0769. The van der Waals surface area contributed by atoms with Crippen LogP contribution in [0.5, 0.6) is 0 Å². The van der Waals surface area contributed by atoms with E-state index in [0.717, 1.165) is 0 Å². The third-order valence-corrected chi connectivity index (χ3v) is 4.17. The quantitative estimate of drug-likeness (QED) is 0.507. The molecular weight excluding hydrogens is 295 g/mol. The summed E-state index contributed by atoms with van der Waals surface area (Å²) in [6, 6.07) is 12.1. The van der Waals surface area contributed by atoms with Gasteiger partial charge >= 0.3 is 0 Å². The maximum Gasteiger partial charge on any atom is 0.214 e. The Kier molecular flexibility index (Phi) is 4.62. The van der Waals surface area contributed by atoms with Crippen molar-refractivity contribution in [3.05, 3.63) is 59.9 Å². The molecule has 20 heavy (non-hydrogen) atoms. The minimum atomic E-state index is -3.58. The molecule has 0 aliphatic heterocycles. The van der Waals surface area contributed by atoms with E-state index in [0.29, 0.717) is 17.0 Å². The maximum absolute atomic E-state index is 9.80. The third-order valence-electron chi connectivity index (χ3n) is 2.56. The van der Waals surface area contributed by atoms with Gasteiger partial charge in [0.2, 0.25) is 6.49 Å². The summed E-state index contributed by atoms with van der Waals surface area (Å²) in [6.45, 7) is -3.58. The Morgan fingerprint density at radius 2 is 1.90 bits per heavy atom. The van der Waals surface area contributed by atoms with Gasteiger partial charge in [-0.3, -0.25) is 4.98 Å². The average Bonchev–Trinajstić information content (AvgIpc) is 2.45. The van der Waals surface area contributed by atoms with Crippen molar-refractivity contribution < 1.29 is 14.6 Å². The van der Waals surface area contributed by atoms with E-state index in [1.54, 1.807) is 42.6 Å². The van der Waals surface area contributed by atoms with E-state index in [9.17, 15) is 9.79 Å². The van der Waals surface area contributed by atoms with Crippen molar-refractivity contribution in [1.82, 2.24) is 4.98 Å². The van der Waals surface area contributed by atoms with Crippen LogP contribution in [0.3, 0.4) is 0 Å². The van der Waals surface area contributed by atoms with Crippen LogP contribution in [0.4, 0.5) is 0 Å². The minimum Gasteiger partial charge on any atom is -0.399 e. The predicted molar refractivity (Wildman–Crippen MR) is 81.7 cm³/mol. The molecular formula is C13H13N2O3PS. The molecule has 0 aliphatic rings. The molecule has 2 rings (SSSR count). The molecule has 2 N–H and O–H groups in total. The fourth-order valence-electron chi connectivity index (χ4n) is 1.76. The number of rotatable bonds is 4. The summed E-state index contributed by atoms with van der Waals surface area (Å²) in [5.74, 6) is 0. The monoisotopic (exact) mass is 308 g/mol. The third kappa shape index (κ3) is 3.29. The smallest absolute Gasteiger partial charge is 0.214 e. The average molecular weight is 308 g/mol. The van der Waals surface area contributed by atoms with Gasteiger partial charge in [-0.05, 0) is 30.0 Å². The Bertz CT molecular complexity index is 670. The summed E-state index contributed by atoms with van der Waals surface area (Å²) in [5.41, 5.74) is 1.47. The number of hydrogen-bond acceptors (Lipinski definition) is 4. The number of nitrogens with zero attached hydrogens (tertiary/aromatic N) is 2. The van der Waals surface area contributed by atoms with Crippen molar-refractivity contribution in [2.24, 2.45) is 5.16 Å². The molecule has 0 atom stereocenters. The van der Waals surface area contributed by atoms with Gasteiger partial charge in [0.25, 0.3) is 0 Å². The van der Waals surface area contributed by atoms with Crippen molar-refractivity contribution in [2.45, 2.75) is 0 Å². The normalized spacial score (nSPS) is 12.2. The molecule has 2 aromatic rings. The van der Waals surface area contributed by atoms with E-state index >= 15 is 0 Å². The van der Waals surface area contributed by atoms with Gasteiger partial charge in [-0.15, -0.1) is 0 Å². The highest BCUT2D eigenvalue weighted by atomic mass is 32.5. The van der Waals surface area contributed by atoms with Crippen molar-refractivity contribution in [1.29, 1.82) is 0 Å². The molecule has 0 fully saturated rings. The van der Waals surface area contributed by atoms with Gasteiger partial charge in [-0.25, -0.2) is 0 Å². The Hall–Kier alpha value is -1.59.